The number of hydrogen-bond donors (Lipinski definition) is 0. The Balaban J connectivity index is 2.93. The molecule has 0 aliphatic heterocycles. The van der Waals surface area contributed by atoms with Gasteiger partial charge in [-0.25, -0.2) is 9.97 Å². The lowest BCUT2D eigenvalue weighted by Crippen LogP contribution is -2.15. The summed E-state index contributed by atoms with van der Waals surface area (Å²) in [4.78, 5) is 7.98. The summed E-state index contributed by atoms with van der Waals surface area (Å²) in [6, 6.07) is 0. The van der Waals surface area contributed by atoms with Crippen molar-refractivity contribution < 1.29 is 0 Å². The summed E-state index contributed by atoms with van der Waals surface area (Å²) >= 11 is 0. The van der Waals surface area contributed by atoms with E-state index in [2.05, 4.69) is 30.7 Å². The van der Waals surface area contributed by atoms with Crippen LogP contribution in [0.15, 0.2) is 18.7 Å². The first kappa shape index (κ1) is 8.18. The van der Waals surface area contributed by atoms with E-state index in [1.807, 2.05) is 12.4 Å². The molecular formula is C9H14N2. The van der Waals surface area contributed by atoms with E-state index in [1.54, 1.807) is 6.33 Å². The molecule has 1 heterocycles. The van der Waals surface area contributed by atoms with Gasteiger partial charge in [0.25, 0.3) is 0 Å². The standard InChI is InChI=1S/C9H14N2/c1-4-9(2,3)8-5-10-7-11-6-8/h5-7H,4H2,1-3H3. The molecule has 2 heteroatoms. The van der Waals surface area contributed by atoms with Crippen molar-refractivity contribution in [3.05, 3.63) is 24.3 Å². The van der Waals surface area contributed by atoms with Crippen LogP contribution < -0.4 is 0 Å². The van der Waals surface area contributed by atoms with Crippen molar-refractivity contribution in [3.63, 3.8) is 0 Å². The van der Waals surface area contributed by atoms with Crippen LogP contribution in [0.5, 0.6) is 0 Å². The second kappa shape index (κ2) is 2.99. The molecule has 0 spiro atoms. The molecule has 1 rings (SSSR count). The Morgan fingerprint density at radius 3 is 2.27 bits per heavy atom. The molecule has 0 N–H and O–H groups in total. The highest BCUT2D eigenvalue weighted by Gasteiger charge is 2.17. The van der Waals surface area contributed by atoms with Crippen molar-refractivity contribution in [2.75, 3.05) is 0 Å². The Hall–Kier alpha value is -0.920. The molecule has 11 heavy (non-hydrogen) atoms. The van der Waals surface area contributed by atoms with Crippen molar-refractivity contribution in [2.24, 2.45) is 0 Å². The van der Waals surface area contributed by atoms with E-state index in [0.29, 0.717) is 0 Å². The minimum absolute atomic E-state index is 0.210. The predicted molar refractivity (Wildman–Crippen MR) is 45.3 cm³/mol. The van der Waals surface area contributed by atoms with E-state index in [0.717, 1.165) is 6.42 Å². The van der Waals surface area contributed by atoms with Gasteiger partial charge in [0.05, 0.1) is 0 Å². The van der Waals surface area contributed by atoms with Gasteiger partial charge in [-0.3, -0.25) is 0 Å². The summed E-state index contributed by atoms with van der Waals surface area (Å²) < 4.78 is 0. The summed E-state index contributed by atoms with van der Waals surface area (Å²) in [6.45, 7) is 6.57. The first-order valence-corrected chi connectivity index (χ1v) is 3.92. The molecule has 60 valence electrons. The number of hydrogen-bond acceptors (Lipinski definition) is 2. The molecule has 0 fully saturated rings. The van der Waals surface area contributed by atoms with Crippen molar-refractivity contribution in [2.45, 2.75) is 32.6 Å². The third kappa shape index (κ3) is 1.76. The fourth-order valence-electron chi connectivity index (χ4n) is 0.853. The molecule has 0 radical (unpaired) electrons. The monoisotopic (exact) mass is 150 g/mol. The lowest BCUT2D eigenvalue weighted by molar-refractivity contribution is 0.502. The smallest absolute Gasteiger partial charge is 0.115 e. The van der Waals surface area contributed by atoms with E-state index in [4.69, 9.17) is 0 Å². The zero-order valence-electron chi connectivity index (χ0n) is 7.33. The zero-order valence-corrected chi connectivity index (χ0v) is 7.33. The third-order valence-electron chi connectivity index (χ3n) is 2.23. The Kier molecular flexibility index (Phi) is 2.22. The van der Waals surface area contributed by atoms with E-state index < -0.39 is 0 Å². The van der Waals surface area contributed by atoms with Gasteiger partial charge in [-0.15, -0.1) is 0 Å². The highest BCUT2D eigenvalue weighted by Crippen LogP contribution is 2.24. The Morgan fingerprint density at radius 2 is 1.82 bits per heavy atom. The molecule has 1 aromatic rings. The zero-order chi connectivity index (χ0) is 8.32. The molecule has 2 nitrogen and oxygen atoms in total. The van der Waals surface area contributed by atoms with Crippen LogP contribution in [0.2, 0.25) is 0 Å². The molecule has 0 bridgehead atoms. The summed E-state index contributed by atoms with van der Waals surface area (Å²) in [6.07, 6.45) is 6.45. The van der Waals surface area contributed by atoms with Gasteiger partial charge in [0, 0.05) is 12.4 Å². The van der Waals surface area contributed by atoms with Gasteiger partial charge >= 0.3 is 0 Å². The second-order valence-electron chi connectivity index (χ2n) is 3.36. The number of nitrogens with zero attached hydrogens (tertiary/aromatic N) is 2. The molecular weight excluding hydrogens is 136 g/mol. The number of rotatable bonds is 2. The van der Waals surface area contributed by atoms with Crippen LogP contribution in [-0.4, -0.2) is 9.97 Å². The van der Waals surface area contributed by atoms with Crippen molar-refractivity contribution in [1.29, 1.82) is 0 Å². The van der Waals surface area contributed by atoms with Crippen molar-refractivity contribution in [3.8, 4) is 0 Å². The largest absolute Gasteiger partial charge is 0.245 e. The van der Waals surface area contributed by atoms with Gasteiger partial charge in [0.15, 0.2) is 0 Å². The topological polar surface area (TPSA) is 25.8 Å². The molecule has 0 saturated heterocycles. The minimum Gasteiger partial charge on any atom is -0.245 e. The molecule has 0 aliphatic rings. The van der Waals surface area contributed by atoms with Crippen LogP contribution in [-0.2, 0) is 5.41 Å². The first-order chi connectivity index (χ1) is 5.17. The second-order valence-corrected chi connectivity index (χ2v) is 3.36. The molecule has 0 amide bonds. The number of aromatic nitrogens is 2. The highest BCUT2D eigenvalue weighted by molar-refractivity contribution is 5.14. The van der Waals surface area contributed by atoms with Crippen molar-refractivity contribution in [1.82, 2.24) is 9.97 Å². The van der Waals surface area contributed by atoms with Gasteiger partial charge in [0.1, 0.15) is 6.33 Å². The predicted octanol–water partition coefficient (Wildman–Crippen LogP) is 2.16. The van der Waals surface area contributed by atoms with Crippen LogP contribution in [0, 0.1) is 0 Å². The van der Waals surface area contributed by atoms with Crippen LogP contribution >= 0.6 is 0 Å². The SMILES string of the molecule is CCC(C)(C)c1cncnc1. The molecule has 0 unspecified atom stereocenters. The van der Waals surface area contributed by atoms with Gasteiger partial charge < -0.3 is 0 Å². The fraction of sp³-hybridized carbons (Fsp3) is 0.556. The summed E-state index contributed by atoms with van der Waals surface area (Å²) in [7, 11) is 0. The van der Waals surface area contributed by atoms with Crippen LogP contribution in [0.3, 0.4) is 0 Å². The molecule has 0 saturated carbocycles. The summed E-state index contributed by atoms with van der Waals surface area (Å²) in [5.74, 6) is 0. The van der Waals surface area contributed by atoms with Crippen LogP contribution in [0.4, 0.5) is 0 Å². The van der Waals surface area contributed by atoms with E-state index in [9.17, 15) is 0 Å². The maximum Gasteiger partial charge on any atom is 0.115 e. The fourth-order valence-corrected chi connectivity index (χ4v) is 0.853. The average Bonchev–Trinajstić information content (AvgIpc) is 2.06. The first-order valence-electron chi connectivity index (χ1n) is 3.92. The molecule has 0 aromatic carbocycles. The normalized spacial score (nSPS) is 11.5. The quantitative estimate of drug-likeness (QED) is 0.645. The molecule has 1 aromatic heterocycles. The van der Waals surface area contributed by atoms with Crippen molar-refractivity contribution >= 4 is 0 Å². The molecule has 0 atom stereocenters. The Morgan fingerprint density at radius 1 is 1.27 bits per heavy atom. The third-order valence-corrected chi connectivity index (χ3v) is 2.23. The lowest BCUT2D eigenvalue weighted by Gasteiger charge is -2.21. The van der Waals surface area contributed by atoms with Gasteiger partial charge in [0.2, 0.25) is 0 Å². The summed E-state index contributed by atoms with van der Waals surface area (Å²) in [5, 5.41) is 0. The highest BCUT2D eigenvalue weighted by atomic mass is 14.8. The Labute approximate surface area is 67.7 Å². The van der Waals surface area contributed by atoms with Crippen LogP contribution in [0.25, 0.3) is 0 Å². The molecule has 0 aliphatic carbocycles. The average molecular weight is 150 g/mol. The van der Waals surface area contributed by atoms with E-state index >= 15 is 0 Å². The van der Waals surface area contributed by atoms with Gasteiger partial charge in [-0.1, -0.05) is 20.8 Å². The maximum atomic E-state index is 3.99. The van der Waals surface area contributed by atoms with Gasteiger partial charge in [-0.2, -0.15) is 0 Å². The van der Waals surface area contributed by atoms with E-state index in [-0.39, 0.29) is 5.41 Å². The lowest BCUT2D eigenvalue weighted by atomic mass is 9.84. The van der Waals surface area contributed by atoms with Gasteiger partial charge in [-0.05, 0) is 17.4 Å². The summed E-state index contributed by atoms with van der Waals surface area (Å²) in [5.41, 5.74) is 1.42. The van der Waals surface area contributed by atoms with E-state index in [1.165, 1.54) is 5.56 Å². The Bertz CT molecular complexity index is 216. The van der Waals surface area contributed by atoms with Crippen LogP contribution in [0.1, 0.15) is 32.8 Å². The maximum absolute atomic E-state index is 3.99. The minimum atomic E-state index is 0.210.